The van der Waals surface area contributed by atoms with E-state index in [9.17, 15) is 19.3 Å². The molecule has 0 saturated heterocycles. The highest BCUT2D eigenvalue weighted by Crippen LogP contribution is 2.22. The van der Waals surface area contributed by atoms with Gasteiger partial charge in [0.1, 0.15) is 5.82 Å². The van der Waals surface area contributed by atoms with E-state index in [4.69, 9.17) is 0 Å². The number of nitro benzene ring substituents is 1. The van der Waals surface area contributed by atoms with Gasteiger partial charge in [-0.05, 0) is 31.2 Å². The molecule has 0 aliphatic rings. The molecule has 1 amide bonds. The third-order valence-electron chi connectivity index (χ3n) is 2.85. The fourth-order valence-corrected chi connectivity index (χ4v) is 2.07. The van der Waals surface area contributed by atoms with Crippen LogP contribution in [-0.4, -0.2) is 10.8 Å². The zero-order valence-corrected chi connectivity index (χ0v) is 12.5. The molecule has 2 aromatic rings. The lowest BCUT2D eigenvalue weighted by molar-refractivity contribution is -0.385. The molecule has 0 saturated carbocycles. The van der Waals surface area contributed by atoms with Crippen molar-refractivity contribution < 1.29 is 14.1 Å². The summed E-state index contributed by atoms with van der Waals surface area (Å²) in [6.45, 7) is 1.58. The second-order valence-corrected chi connectivity index (χ2v) is 5.25. The molecular formula is C14H10BrFN2O3. The summed E-state index contributed by atoms with van der Waals surface area (Å²) in [4.78, 5) is 22.3. The molecule has 0 spiro atoms. The summed E-state index contributed by atoms with van der Waals surface area (Å²) >= 11 is 3.11. The van der Waals surface area contributed by atoms with Crippen LogP contribution >= 0.6 is 15.9 Å². The van der Waals surface area contributed by atoms with Gasteiger partial charge >= 0.3 is 0 Å². The van der Waals surface area contributed by atoms with Crippen LogP contribution < -0.4 is 5.32 Å². The molecule has 0 fully saturated rings. The molecule has 108 valence electrons. The third-order valence-corrected chi connectivity index (χ3v) is 3.34. The minimum atomic E-state index is -0.612. The summed E-state index contributed by atoms with van der Waals surface area (Å²) in [6, 6.07) is 8.30. The zero-order chi connectivity index (χ0) is 15.6. The number of carbonyl (C=O) groups excluding carboxylic acids is 1. The zero-order valence-electron chi connectivity index (χ0n) is 10.9. The Morgan fingerprint density at radius 3 is 2.62 bits per heavy atom. The molecule has 0 unspecified atom stereocenters. The van der Waals surface area contributed by atoms with E-state index in [1.165, 1.54) is 30.3 Å². The highest BCUT2D eigenvalue weighted by atomic mass is 79.9. The average molecular weight is 353 g/mol. The number of hydrogen-bond acceptors (Lipinski definition) is 3. The lowest BCUT2D eigenvalue weighted by atomic mass is 10.1. The van der Waals surface area contributed by atoms with Crippen LogP contribution in [0.1, 0.15) is 15.9 Å². The molecule has 0 radical (unpaired) electrons. The Labute approximate surface area is 128 Å². The van der Waals surface area contributed by atoms with Crippen molar-refractivity contribution >= 4 is 33.2 Å². The number of aryl methyl sites for hydroxylation is 1. The fourth-order valence-electron chi connectivity index (χ4n) is 1.73. The first-order valence-corrected chi connectivity index (χ1v) is 6.69. The van der Waals surface area contributed by atoms with Crippen LogP contribution in [0.5, 0.6) is 0 Å². The predicted molar refractivity (Wildman–Crippen MR) is 79.9 cm³/mol. The smallest absolute Gasteiger partial charge is 0.273 e. The number of hydrogen-bond donors (Lipinski definition) is 1. The number of nitrogens with zero attached hydrogens (tertiary/aromatic N) is 1. The molecule has 2 rings (SSSR count). The summed E-state index contributed by atoms with van der Waals surface area (Å²) < 4.78 is 14.2. The van der Waals surface area contributed by atoms with Crippen molar-refractivity contribution in [1.82, 2.24) is 0 Å². The molecule has 1 N–H and O–H groups in total. The van der Waals surface area contributed by atoms with Crippen molar-refractivity contribution in [2.75, 3.05) is 5.32 Å². The van der Waals surface area contributed by atoms with Gasteiger partial charge in [-0.3, -0.25) is 14.9 Å². The van der Waals surface area contributed by atoms with E-state index in [1.54, 1.807) is 13.0 Å². The second-order valence-electron chi connectivity index (χ2n) is 4.34. The van der Waals surface area contributed by atoms with Crippen LogP contribution in [0.25, 0.3) is 0 Å². The lowest BCUT2D eigenvalue weighted by Crippen LogP contribution is -2.13. The van der Waals surface area contributed by atoms with Gasteiger partial charge in [0.2, 0.25) is 0 Å². The summed E-state index contributed by atoms with van der Waals surface area (Å²) in [6.07, 6.45) is 0. The number of halogens is 2. The summed E-state index contributed by atoms with van der Waals surface area (Å²) in [5.74, 6) is -1.21. The molecule has 0 bridgehead atoms. The van der Waals surface area contributed by atoms with E-state index in [0.29, 0.717) is 10.0 Å². The Bertz CT molecular complexity index is 734. The van der Waals surface area contributed by atoms with Gasteiger partial charge in [0.05, 0.1) is 10.6 Å². The molecule has 21 heavy (non-hydrogen) atoms. The first-order valence-electron chi connectivity index (χ1n) is 5.90. The molecule has 0 aliphatic carbocycles. The first-order chi connectivity index (χ1) is 9.88. The van der Waals surface area contributed by atoms with Crippen molar-refractivity contribution in [3.8, 4) is 0 Å². The molecule has 0 aromatic heterocycles. The van der Waals surface area contributed by atoms with Gasteiger partial charge in [0.25, 0.3) is 11.6 Å². The average Bonchev–Trinajstić information content (AvgIpc) is 2.42. The van der Waals surface area contributed by atoms with Crippen molar-refractivity contribution in [3.63, 3.8) is 0 Å². The van der Waals surface area contributed by atoms with Crippen LogP contribution in [0.3, 0.4) is 0 Å². The van der Waals surface area contributed by atoms with Gasteiger partial charge in [0, 0.05) is 21.7 Å². The number of nitro groups is 1. The molecule has 2 aromatic carbocycles. The van der Waals surface area contributed by atoms with Gasteiger partial charge in [-0.25, -0.2) is 4.39 Å². The standard InChI is InChI=1S/C14H10BrFN2O3/c1-8-2-3-9(6-13(8)18(20)21)14(19)17-12-5-4-10(15)7-11(12)16/h2-7H,1H3,(H,17,19). The maximum Gasteiger partial charge on any atom is 0.273 e. The van der Waals surface area contributed by atoms with Crippen molar-refractivity contribution in [3.05, 3.63) is 67.9 Å². The van der Waals surface area contributed by atoms with Gasteiger partial charge in [0.15, 0.2) is 0 Å². The Balaban J connectivity index is 2.28. The quantitative estimate of drug-likeness (QED) is 0.668. The number of rotatable bonds is 3. The second kappa shape index (κ2) is 6.01. The van der Waals surface area contributed by atoms with Gasteiger partial charge < -0.3 is 5.32 Å². The minimum Gasteiger partial charge on any atom is -0.319 e. The Morgan fingerprint density at radius 1 is 1.29 bits per heavy atom. The largest absolute Gasteiger partial charge is 0.319 e. The Hall–Kier alpha value is -2.28. The van der Waals surface area contributed by atoms with E-state index in [0.717, 1.165) is 0 Å². The Morgan fingerprint density at radius 2 is 2.00 bits per heavy atom. The topological polar surface area (TPSA) is 72.2 Å². The first kappa shape index (κ1) is 15.1. The predicted octanol–water partition coefficient (Wildman–Crippen LogP) is 4.06. The molecular weight excluding hydrogens is 343 g/mol. The molecule has 0 heterocycles. The van der Waals surface area contributed by atoms with E-state index < -0.39 is 16.6 Å². The molecule has 0 atom stereocenters. The maximum absolute atomic E-state index is 13.6. The Kier molecular flexibility index (Phi) is 4.32. The number of amides is 1. The summed E-state index contributed by atoms with van der Waals surface area (Å²) in [5.41, 5.74) is 0.395. The molecule has 5 nitrogen and oxygen atoms in total. The van der Waals surface area contributed by atoms with E-state index in [-0.39, 0.29) is 16.9 Å². The van der Waals surface area contributed by atoms with Crippen LogP contribution in [0.2, 0.25) is 0 Å². The van der Waals surface area contributed by atoms with Crippen LogP contribution in [0.15, 0.2) is 40.9 Å². The number of benzene rings is 2. The van der Waals surface area contributed by atoms with Crippen molar-refractivity contribution in [2.24, 2.45) is 0 Å². The van der Waals surface area contributed by atoms with Crippen LogP contribution in [0, 0.1) is 22.9 Å². The number of nitrogens with one attached hydrogen (secondary N) is 1. The normalized spacial score (nSPS) is 10.2. The van der Waals surface area contributed by atoms with Crippen molar-refractivity contribution in [1.29, 1.82) is 0 Å². The summed E-state index contributed by atoms with van der Waals surface area (Å²) in [7, 11) is 0. The van der Waals surface area contributed by atoms with Crippen molar-refractivity contribution in [2.45, 2.75) is 6.92 Å². The highest BCUT2D eigenvalue weighted by molar-refractivity contribution is 9.10. The van der Waals surface area contributed by atoms with Gasteiger partial charge in [-0.2, -0.15) is 0 Å². The number of carbonyl (C=O) groups is 1. The SMILES string of the molecule is Cc1ccc(C(=O)Nc2ccc(Br)cc2F)cc1[N+](=O)[O-]. The van der Waals surface area contributed by atoms with E-state index in [1.807, 2.05) is 0 Å². The fraction of sp³-hybridized carbons (Fsp3) is 0.0714. The number of anilines is 1. The van der Waals surface area contributed by atoms with Gasteiger partial charge in [-0.15, -0.1) is 0 Å². The van der Waals surface area contributed by atoms with E-state index in [2.05, 4.69) is 21.2 Å². The monoisotopic (exact) mass is 352 g/mol. The lowest BCUT2D eigenvalue weighted by Gasteiger charge is -2.07. The highest BCUT2D eigenvalue weighted by Gasteiger charge is 2.16. The minimum absolute atomic E-state index is 0.00595. The molecule has 7 heteroatoms. The summed E-state index contributed by atoms with van der Waals surface area (Å²) in [5, 5.41) is 13.2. The third kappa shape index (κ3) is 3.43. The molecule has 0 aliphatic heterocycles. The van der Waals surface area contributed by atoms with Gasteiger partial charge in [-0.1, -0.05) is 22.0 Å². The maximum atomic E-state index is 13.6. The van der Waals surface area contributed by atoms with E-state index >= 15 is 0 Å². The van der Waals surface area contributed by atoms with Crippen LogP contribution in [0.4, 0.5) is 15.8 Å². The van der Waals surface area contributed by atoms with Crippen LogP contribution in [-0.2, 0) is 0 Å².